The van der Waals surface area contributed by atoms with Crippen molar-refractivity contribution in [3.63, 3.8) is 0 Å². The zero-order valence-corrected chi connectivity index (χ0v) is 16.4. The first-order chi connectivity index (χ1) is 12.4. The number of guanidine groups is 1. The molecule has 0 aromatic heterocycles. The third-order valence-electron chi connectivity index (χ3n) is 5.41. The van der Waals surface area contributed by atoms with Gasteiger partial charge in [0.15, 0.2) is 5.96 Å². The second kappa shape index (κ2) is 13.4. The number of unbranched alkanes of at least 4 members (excludes halogenated alkanes) is 2. The van der Waals surface area contributed by atoms with Crippen molar-refractivity contribution in [2.24, 2.45) is 10.9 Å². The summed E-state index contributed by atoms with van der Waals surface area (Å²) in [6.07, 6.45) is 12.3. The van der Waals surface area contributed by atoms with Crippen LogP contribution in [0.4, 0.5) is 0 Å². The van der Waals surface area contributed by atoms with E-state index in [9.17, 15) is 0 Å². The summed E-state index contributed by atoms with van der Waals surface area (Å²) in [6, 6.07) is 0. The number of rotatable bonds is 11. The van der Waals surface area contributed by atoms with Crippen molar-refractivity contribution >= 4 is 5.96 Å². The Labute approximate surface area is 155 Å². The van der Waals surface area contributed by atoms with Gasteiger partial charge in [0, 0.05) is 32.7 Å². The minimum absolute atomic E-state index is 0.899. The molecule has 2 fully saturated rings. The van der Waals surface area contributed by atoms with Gasteiger partial charge in [0.25, 0.3) is 0 Å². The molecule has 0 amide bonds. The number of aliphatic imine (C=N–C) groups is 1. The minimum atomic E-state index is 0.899. The molecule has 0 aromatic rings. The Morgan fingerprint density at radius 2 is 1.84 bits per heavy atom. The van der Waals surface area contributed by atoms with E-state index in [4.69, 9.17) is 9.73 Å². The van der Waals surface area contributed by atoms with Gasteiger partial charge < -0.3 is 15.4 Å². The van der Waals surface area contributed by atoms with E-state index in [0.29, 0.717) is 0 Å². The molecule has 0 spiro atoms. The first-order valence-electron chi connectivity index (χ1n) is 10.7. The number of nitrogens with one attached hydrogen (secondary N) is 2. The van der Waals surface area contributed by atoms with Crippen LogP contribution < -0.4 is 10.6 Å². The highest BCUT2D eigenvalue weighted by molar-refractivity contribution is 5.79. The summed E-state index contributed by atoms with van der Waals surface area (Å²) in [5.74, 6) is 2.01. The maximum absolute atomic E-state index is 5.39. The molecule has 2 rings (SSSR count). The fourth-order valence-electron chi connectivity index (χ4n) is 3.87. The molecule has 0 unspecified atom stereocenters. The van der Waals surface area contributed by atoms with E-state index in [2.05, 4.69) is 22.5 Å². The van der Waals surface area contributed by atoms with Crippen molar-refractivity contribution in [2.45, 2.75) is 64.7 Å². The molecule has 2 aliphatic rings. The molecular formula is C20H40N4O. The number of ether oxygens (including phenoxy) is 1. The summed E-state index contributed by atoms with van der Waals surface area (Å²) in [6.45, 7) is 10.2. The fourth-order valence-corrected chi connectivity index (χ4v) is 3.87. The Kier molecular flexibility index (Phi) is 11.0. The summed E-state index contributed by atoms with van der Waals surface area (Å²) >= 11 is 0. The van der Waals surface area contributed by atoms with E-state index in [1.165, 1.54) is 64.3 Å². The van der Waals surface area contributed by atoms with E-state index in [1.807, 2.05) is 0 Å². The van der Waals surface area contributed by atoms with Crippen LogP contribution in [0, 0.1) is 5.92 Å². The van der Waals surface area contributed by atoms with Crippen LogP contribution in [0.5, 0.6) is 0 Å². The van der Waals surface area contributed by atoms with Crippen LogP contribution in [0.1, 0.15) is 64.7 Å². The van der Waals surface area contributed by atoms with E-state index in [-0.39, 0.29) is 0 Å². The van der Waals surface area contributed by atoms with Crippen LogP contribution >= 0.6 is 0 Å². The normalized spacial score (nSPS) is 20.1. The molecule has 0 bridgehead atoms. The zero-order chi connectivity index (χ0) is 17.6. The lowest BCUT2D eigenvalue weighted by Crippen LogP contribution is -2.39. The number of hydrogen-bond acceptors (Lipinski definition) is 3. The van der Waals surface area contributed by atoms with Gasteiger partial charge in [0.1, 0.15) is 0 Å². The topological polar surface area (TPSA) is 48.9 Å². The van der Waals surface area contributed by atoms with Gasteiger partial charge in [0.2, 0.25) is 0 Å². The molecule has 0 aromatic carbocycles. The van der Waals surface area contributed by atoms with Crippen molar-refractivity contribution in [1.29, 1.82) is 0 Å². The van der Waals surface area contributed by atoms with Gasteiger partial charge in [-0.3, -0.25) is 9.89 Å². The molecule has 1 heterocycles. The van der Waals surface area contributed by atoms with Gasteiger partial charge in [-0.25, -0.2) is 0 Å². The molecule has 1 saturated carbocycles. The summed E-state index contributed by atoms with van der Waals surface area (Å²) in [7, 11) is 0. The molecule has 0 radical (unpaired) electrons. The summed E-state index contributed by atoms with van der Waals surface area (Å²) < 4.78 is 5.39. The van der Waals surface area contributed by atoms with Crippen LogP contribution in [0.2, 0.25) is 0 Å². The predicted octanol–water partition coefficient (Wildman–Crippen LogP) is 3.01. The molecule has 1 aliphatic carbocycles. The van der Waals surface area contributed by atoms with Gasteiger partial charge in [-0.2, -0.15) is 0 Å². The first-order valence-corrected chi connectivity index (χ1v) is 10.7. The highest BCUT2D eigenvalue weighted by atomic mass is 16.5. The molecule has 146 valence electrons. The van der Waals surface area contributed by atoms with Crippen LogP contribution in [0.15, 0.2) is 4.99 Å². The Bertz CT molecular complexity index is 350. The lowest BCUT2D eigenvalue weighted by Gasteiger charge is -2.26. The maximum atomic E-state index is 5.39. The van der Waals surface area contributed by atoms with Crippen molar-refractivity contribution in [1.82, 2.24) is 15.5 Å². The smallest absolute Gasteiger partial charge is 0.191 e. The summed E-state index contributed by atoms with van der Waals surface area (Å²) in [4.78, 5) is 7.24. The highest BCUT2D eigenvalue weighted by Crippen LogP contribution is 2.28. The van der Waals surface area contributed by atoms with E-state index < -0.39 is 0 Å². The third kappa shape index (κ3) is 9.45. The van der Waals surface area contributed by atoms with Gasteiger partial charge in [-0.05, 0) is 38.6 Å². The summed E-state index contributed by atoms with van der Waals surface area (Å²) in [5, 5.41) is 6.85. The van der Waals surface area contributed by atoms with Crippen molar-refractivity contribution in [3.8, 4) is 0 Å². The fraction of sp³-hybridized carbons (Fsp3) is 0.950. The average Bonchev–Trinajstić information content (AvgIpc) is 3.15. The first kappa shape index (κ1) is 20.5. The van der Waals surface area contributed by atoms with Gasteiger partial charge >= 0.3 is 0 Å². The Morgan fingerprint density at radius 1 is 1.04 bits per heavy atom. The van der Waals surface area contributed by atoms with E-state index >= 15 is 0 Å². The minimum Gasteiger partial charge on any atom is -0.379 e. The van der Waals surface area contributed by atoms with Gasteiger partial charge in [0.05, 0.1) is 13.2 Å². The SMILES string of the molecule is CCNC(=NCCCCC1CCCC1)NCCCCN1CCOCC1. The molecule has 2 N–H and O–H groups in total. The molecule has 25 heavy (non-hydrogen) atoms. The molecular weight excluding hydrogens is 312 g/mol. The van der Waals surface area contributed by atoms with Gasteiger partial charge in [-0.1, -0.05) is 38.5 Å². The van der Waals surface area contributed by atoms with Crippen LogP contribution in [-0.2, 0) is 4.74 Å². The van der Waals surface area contributed by atoms with E-state index in [0.717, 1.165) is 57.8 Å². The quantitative estimate of drug-likeness (QED) is 0.341. The molecule has 1 aliphatic heterocycles. The lowest BCUT2D eigenvalue weighted by atomic mass is 10.0. The molecule has 5 nitrogen and oxygen atoms in total. The van der Waals surface area contributed by atoms with Crippen LogP contribution in [-0.4, -0.2) is 63.3 Å². The standard InChI is InChI=1S/C20H40N4O/c1-2-21-20(22-12-6-5-11-19-9-3-4-10-19)23-13-7-8-14-24-15-17-25-18-16-24/h19H,2-18H2,1H3,(H2,21,22,23). The maximum Gasteiger partial charge on any atom is 0.191 e. The van der Waals surface area contributed by atoms with Gasteiger partial charge in [-0.15, -0.1) is 0 Å². The predicted molar refractivity (Wildman–Crippen MR) is 106 cm³/mol. The Balaban J connectivity index is 1.49. The average molecular weight is 353 g/mol. The Morgan fingerprint density at radius 3 is 2.60 bits per heavy atom. The lowest BCUT2D eigenvalue weighted by molar-refractivity contribution is 0.0372. The number of morpholine rings is 1. The number of nitrogens with zero attached hydrogens (tertiary/aromatic N) is 2. The summed E-state index contributed by atoms with van der Waals surface area (Å²) in [5.41, 5.74) is 0. The number of hydrogen-bond donors (Lipinski definition) is 2. The van der Waals surface area contributed by atoms with Crippen LogP contribution in [0.3, 0.4) is 0 Å². The third-order valence-corrected chi connectivity index (χ3v) is 5.41. The monoisotopic (exact) mass is 352 g/mol. The largest absolute Gasteiger partial charge is 0.379 e. The van der Waals surface area contributed by atoms with Crippen LogP contribution in [0.25, 0.3) is 0 Å². The second-order valence-electron chi connectivity index (χ2n) is 7.49. The molecule has 1 saturated heterocycles. The van der Waals surface area contributed by atoms with Crippen molar-refractivity contribution in [2.75, 3.05) is 52.5 Å². The molecule has 0 atom stereocenters. The zero-order valence-electron chi connectivity index (χ0n) is 16.4. The Hall–Kier alpha value is -0.810. The second-order valence-corrected chi connectivity index (χ2v) is 7.49. The van der Waals surface area contributed by atoms with E-state index in [1.54, 1.807) is 0 Å². The molecule has 5 heteroatoms. The van der Waals surface area contributed by atoms with Crippen molar-refractivity contribution in [3.05, 3.63) is 0 Å². The van der Waals surface area contributed by atoms with Crippen molar-refractivity contribution < 1.29 is 4.74 Å². The highest BCUT2D eigenvalue weighted by Gasteiger charge is 2.13.